The van der Waals surface area contributed by atoms with Gasteiger partial charge in [0.15, 0.2) is 0 Å². The summed E-state index contributed by atoms with van der Waals surface area (Å²) in [5.74, 6) is 0.00374. The van der Waals surface area contributed by atoms with E-state index in [1.807, 2.05) is 0 Å². The maximum absolute atomic E-state index is 12.8. The summed E-state index contributed by atoms with van der Waals surface area (Å²) in [4.78, 5) is 4.24. The Morgan fingerprint density at radius 3 is 2.79 bits per heavy atom. The highest BCUT2D eigenvalue weighted by Crippen LogP contribution is 2.24. The zero-order valence-corrected chi connectivity index (χ0v) is 8.26. The van der Waals surface area contributed by atoms with Crippen molar-refractivity contribution in [2.45, 2.75) is 18.9 Å². The van der Waals surface area contributed by atoms with Crippen LogP contribution in [0.2, 0.25) is 5.02 Å². The van der Waals surface area contributed by atoms with Gasteiger partial charge < -0.3 is 5.73 Å². The van der Waals surface area contributed by atoms with E-state index in [1.54, 1.807) is 6.07 Å². The molecule has 0 aliphatic heterocycles. The largest absolute Gasteiger partial charge is 0.383 e. The first kappa shape index (κ1) is 9.46. The molecule has 14 heavy (non-hydrogen) atoms. The van der Waals surface area contributed by atoms with Crippen molar-refractivity contribution in [2.24, 2.45) is 10.7 Å². The number of hydrogen-bond donors (Lipinski definition) is 1. The first-order valence-electron chi connectivity index (χ1n) is 4.45. The third-order valence-electron chi connectivity index (χ3n) is 2.08. The van der Waals surface area contributed by atoms with Gasteiger partial charge >= 0.3 is 0 Å². The molecule has 0 bridgehead atoms. The number of benzene rings is 1. The second kappa shape index (κ2) is 3.58. The molecule has 4 heteroatoms. The van der Waals surface area contributed by atoms with Gasteiger partial charge in [0.05, 0.1) is 11.1 Å². The van der Waals surface area contributed by atoms with Crippen LogP contribution in [0, 0.1) is 5.82 Å². The van der Waals surface area contributed by atoms with Crippen molar-refractivity contribution in [1.82, 2.24) is 0 Å². The van der Waals surface area contributed by atoms with Gasteiger partial charge in [0.1, 0.15) is 11.7 Å². The van der Waals surface area contributed by atoms with Crippen molar-refractivity contribution >= 4 is 17.4 Å². The van der Waals surface area contributed by atoms with Crippen molar-refractivity contribution in [3.05, 3.63) is 34.6 Å². The third-order valence-corrected chi connectivity index (χ3v) is 2.37. The smallest absolute Gasteiger partial charge is 0.141 e. The van der Waals surface area contributed by atoms with Crippen molar-refractivity contribution in [3.63, 3.8) is 0 Å². The van der Waals surface area contributed by atoms with Crippen LogP contribution in [0.15, 0.2) is 23.2 Å². The molecule has 0 radical (unpaired) electrons. The highest BCUT2D eigenvalue weighted by Gasteiger charge is 2.20. The molecular formula is C10H10ClFN2. The van der Waals surface area contributed by atoms with Crippen LogP contribution < -0.4 is 5.73 Å². The summed E-state index contributed by atoms with van der Waals surface area (Å²) in [5.41, 5.74) is 6.41. The van der Waals surface area contributed by atoms with E-state index in [-0.39, 0.29) is 5.02 Å². The lowest BCUT2D eigenvalue weighted by molar-refractivity contribution is 0.628. The number of rotatable bonds is 2. The van der Waals surface area contributed by atoms with E-state index < -0.39 is 5.82 Å². The molecule has 1 saturated carbocycles. The predicted octanol–water partition coefficient (Wildman–Crippen LogP) is 2.35. The molecule has 0 heterocycles. The number of hydrogen-bond acceptors (Lipinski definition) is 1. The molecule has 0 atom stereocenters. The molecule has 2 N–H and O–H groups in total. The zero-order chi connectivity index (χ0) is 10.1. The first-order valence-corrected chi connectivity index (χ1v) is 4.83. The second-order valence-electron chi connectivity index (χ2n) is 3.37. The molecule has 2 rings (SSSR count). The van der Waals surface area contributed by atoms with Gasteiger partial charge in [-0.2, -0.15) is 0 Å². The van der Waals surface area contributed by atoms with Gasteiger partial charge in [0.25, 0.3) is 0 Å². The van der Waals surface area contributed by atoms with E-state index in [4.69, 9.17) is 17.3 Å². The number of amidine groups is 1. The topological polar surface area (TPSA) is 38.4 Å². The maximum atomic E-state index is 12.8. The minimum Gasteiger partial charge on any atom is -0.383 e. The number of nitrogens with two attached hydrogens (primary N) is 1. The number of nitrogens with zero attached hydrogens (tertiary/aromatic N) is 1. The van der Waals surface area contributed by atoms with Crippen LogP contribution in [0.3, 0.4) is 0 Å². The Balaban J connectivity index is 2.27. The monoisotopic (exact) mass is 212 g/mol. The Morgan fingerprint density at radius 1 is 1.50 bits per heavy atom. The molecule has 1 aromatic carbocycles. The van der Waals surface area contributed by atoms with Crippen molar-refractivity contribution < 1.29 is 4.39 Å². The van der Waals surface area contributed by atoms with Gasteiger partial charge in [-0.1, -0.05) is 11.6 Å². The van der Waals surface area contributed by atoms with Gasteiger partial charge in [-0.25, -0.2) is 4.39 Å². The Kier molecular flexibility index (Phi) is 2.42. The van der Waals surface area contributed by atoms with Gasteiger partial charge in [0, 0.05) is 5.56 Å². The summed E-state index contributed by atoms with van der Waals surface area (Å²) in [6.45, 7) is 0. The van der Waals surface area contributed by atoms with E-state index in [2.05, 4.69) is 4.99 Å². The standard InChI is InChI=1S/C10H10ClFN2/c11-8-5-6(1-4-9(8)12)10(13)14-7-2-3-7/h1,4-5,7H,2-3H2,(H2,13,14). The van der Waals surface area contributed by atoms with E-state index in [9.17, 15) is 4.39 Å². The lowest BCUT2D eigenvalue weighted by Gasteiger charge is -2.01. The molecule has 1 aromatic rings. The molecule has 1 fully saturated rings. The lowest BCUT2D eigenvalue weighted by atomic mass is 10.2. The predicted molar refractivity (Wildman–Crippen MR) is 55.2 cm³/mol. The van der Waals surface area contributed by atoms with Gasteiger partial charge in [0.2, 0.25) is 0 Å². The first-order chi connectivity index (χ1) is 6.66. The average molecular weight is 213 g/mol. The van der Waals surface area contributed by atoms with E-state index >= 15 is 0 Å². The molecule has 0 saturated heterocycles. The fourth-order valence-electron chi connectivity index (χ4n) is 1.13. The highest BCUT2D eigenvalue weighted by atomic mass is 35.5. The quantitative estimate of drug-likeness (QED) is 0.593. The summed E-state index contributed by atoms with van der Waals surface area (Å²) in [6.07, 6.45) is 2.19. The Morgan fingerprint density at radius 2 is 2.21 bits per heavy atom. The zero-order valence-electron chi connectivity index (χ0n) is 7.50. The van der Waals surface area contributed by atoms with E-state index in [0.717, 1.165) is 12.8 Å². The minimum atomic E-state index is -0.436. The van der Waals surface area contributed by atoms with E-state index in [0.29, 0.717) is 17.4 Å². The molecule has 2 nitrogen and oxygen atoms in total. The molecule has 0 unspecified atom stereocenters. The molecule has 74 valence electrons. The molecule has 1 aliphatic carbocycles. The average Bonchev–Trinajstić information content (AvgIpc) is 2.93. The summed E-state index contributed by atoms with van der Waals surface area (Å²) < 4.78 is 12.8. The minimum absolute atomic E-state index is 0.0800. The summed E-state index contributed by atoms with van der Waals surface area (Å²) >= 11 is 5.62. The molecular weight excluding hydrogens is 203 g/mol. The Bertz CT molecular complexity index is 386. The lowest BCUT2D eigenvalue weighted by Crippen LogP contribution is -2.14. The van der Waals surface area contributed by atoms with Crippen LogP contribution in [0.25, 0.3) is 0 Å². The van der Waals surface area contributed by atoms with Gasteiger partial charge in [-0.05, 0) is 31.0 Å². The molecule has 0 amide bonds. The molecule has 0 aromatic heterocycles. The SMILES string of the molecule is NC(=NC1CC1)c1ccc(F)c(Cl)c1. The Hall–Kier alpha value is -1.09. The summed E-state index contributed by atoms with van der Waals surface area (Å²) in [6, 6.07) is 4.74. The number of halogens is 2. The van der Waals surface area contributed by atoms with Gasteiger partial charge in [-0.15, -0.1) is 0 Å². The van der Waals surface area contributed by atoms with Crippen molar-refractivity contribution in [1.29, 1.82) is 0 Å². The van der Waals surface area contributed by atoms with Crippen LogP contribution >= 0.6 is 11.6 Å². The van der Waals surface area contributed by atoms with Crippen LogP contribution in [-0.2, 0) is 0 Å². The fourth-order valence-corrected chi connectivity index (χ4v) is 1.31. The van der Waals surface area contributed by atoms with Crippen LogP contribution in [0.1, 0.15) is 18.4 Å². The Labute approximate surface area is 86.6 Å². The van der Waals surface area contributed by atoms with Crippen LogP contribution in [0.4, 0.5) is 4.39 Å². The van der Waals surface area contributed by atoms with Crippen LogP contribution in [-0.4, -0.2) is 11.9 Å². The van der Waals surface area contributed by atoms with Gasteiger partial charge in [-0.3, -0.25) is 4.99 Å². The highest BCUT2D eigenvalue weighted by molar-refractivity contribution is 6.31. The third kappa shape index (κ3) is 2.04. The van der Waals surface area contributed by atoms with Crippen LogP contribution in [0.5, 0.6) is 0 Å². The normalized spacial score (nSPS) is 17.1. The van der Waals surface area contributed by atoms with Crippen molar-refractivity contribution in [3.8, 4) is 0 Å². The van der Waals surface area contributed by atoms with E-state index in [1.165, 1.54) is 12.1 Å². The number of aliphatic imine (C=N–C) groups is 1. The summed E-state index contributed by atoms with van der Waals surface area (Å²) in [5, 5.41) is 0.0800. The maximum Gasteiger partial charge on any atom is 0.141 e. The molecule has 1 aliphatic rings. The molecule has 0 spiro atoms. The second-order valence-corrected chi connectivity index (χ2v) is 3.78. The summed E-state index contributed by atoms with van der Waals surface area (Å²) in [7, 11) is 0. The fraction of sp³-hybridized carbons (Fsp3) is 0.300. The van der Waals surface area contributed by atoms with Crippen molar-refractivity contribution in [2.75, 3.05) is 0 Å².